The largest absolute Gasteiger partial charge is 0.388 e. The third-order valence-electron chi connectivity index (χ3n) is 1.72. The molecule has 0 saturated heterocycles. The van der Waals surface area contributed by atoms with Crippen molar-refractivity contribution >= 4 is 23.2 Å². The maximum Gasteiger partial charge on any atom is 0.142 e. The molecule has 0 spiro atoms. The SMILES string of the molecule is [N-]=[N+]=NC[C@@H](O)c1cc(F)c(Cl)cc1Cl. The van der Waals surface area contributed by atoms with Crippen LogP contribution in [0.4, 0.5) is 4.39 Å². The first kappa shape index (κ1) is 12.1. The molecule has 15 heavy (non-hydrogen) atoms. The molecule has 0 heterocycles. The van der Waals surface area contributed by atoms with Crippen molar-refractivity contribution in [1.82, 2.24) is 0 Å². The van der Waals surface area contributed by atoms with E-state index < -0.39 is 11.9 Å². The second kappa shape index (κ2) is 5.19. The molecule has 0 radical (unpaired) electrons. The summed E-state index contributed by atoms with van der Waals surface area (Å²) in [6, 6.07) is 2.20. The zero-order valence-electron chi connectivity index (χ0n) is 7.36. The molecule has 0 amide bonds. The molecule has 0 fully saturated rings. The Morgan fingerprint density at radius 2 is 2.13 bits per heavy atom. The molecule has 0 unspecified atom stereocenters. The van der Waals surface area contributed by atoms with E-state index in [0.29, 0.717) is 0 Å². The molecule has 0 aliphatic rings. The van der Waals surface area contributed by atoms with Crippen LogP contribution >= 0.6 is 23.2 Å². The van der Waals surface area contributed by atoms with E-state index in [9.17, 15) is 9.50 Å². The number of aliphatic hydroxyl groups is 1. The molecule has 1 aromatic carbocycles. The zero-order chi connectivity index (χ0) is 11.4. The average molecular weight is 250 g/mol. The summed E-state index contributed by atoms with van der Waals surface area (Å²) in [5, 5.41) is 12.6. The average Bonchev–Trinajstić information content (AvgIpc) is 2.20. The molecule has 80 valence electrons. The van der Waals surface area contributed by atoms with E-state index in [1.54, 1.807) is 0 Å². The van der Waals surface area contributed by atoms with Gasteiger partial charge in [-0.15, -0.1) is 0 Å². The van der Waals surface area contributed by atoms with Gasteiger partial charge in [-0.3, -0.25) is 0 Å². The summed E-state index contributed by atoms with van der Waals surface area (Å²) in [6.07, 6.45) is -1.14. The van der Waals surface area contributed by atoms with E-state index in [2.05, 4.69) is 10.0 Å². The van der Waals surface area contributed by atoms with Crippen LogP contribution < -0.4 is 0 Å². The summed E-state index contributed by atoms with van der Waals surface area (Å²) in [4.78, 5) is 2.47. The van der Waals surface area contributed by atoms with Crippen LogP contribution in [-0.2, 0) is 0 Å². The second-order valence-corrected chi connectivity index (χ2v) is 3.53. The molecule has 1 aromatic rings. The predicted octanol–water partition coefficient (Wildman–Crippen LogP) is 3.48. The van der Waals surface area contributed by atoms with E-state index in [0.717, 1.165) is 6.07 Å². The maximum absolute atomic E-state index is 13.0. The Hall–Kier alpha value is -1.00. The lowest BCUT2D eigenvalue weighted by atomic mass is 10.1. The molecule has 0 aromatic heterocycles. The quantitative estimate of drug-likeness (QED) is 0.379. The van der Waals surface area contributed by atoms with Crippen molar-refractivity contribution in [2.45, 2.75) is 6.10 Å². The fraction of sp³-hybridized carbons (Fsp3) is 0.250. The highest BCUT2D eigenvalue weighted by Crippen LogP contribution is 2.28. The minimum absolute atomic E-state index is 0.125. The third-order valence-corrected chi connectivity index (χ3v) is 2.33. The Bertz CT molecular complexity index is 421. The van der Waals surface area contributed by atoms with Gasteiger partial charge in [-0.05, 0) is 17.7 Å². The lowest BCUT2D eigenvalue weighted by Crippen LogP contribution is -2.02. The molecule has 7 heteroatoms. The van der Waals surface area contributed by atoms with Crippen LogP contribution in [0.15, 0.2) is 17.2 Å². The molecule has 0 saturated carbocycles. The smallest absolute Gasteiger partial charge is 0.142 e. The van der Waals surface area contributed by atoms with Crippen molar-refractivity contribution in [1.29, 1.82) is 0 Å². The lowest BCUT2D eigenvalue weighted by molar-refractivity contribution is 0.186. The van der Waals surface area contributed by atoms with Gasteiger partial charge in [-0.25, -0.2) is 4.39 Å². The van der Waals surface area contributed by atoms with Gasteiger partial charge in [0.05, 0.1) is 17.7 Å². The fourth-order valence-electron chi connectivity index (χ4n) is 1.01. The van der Waals surface area contributed by atoms with Gasteiger partial charge in [0, 0.05) is 15.5 Å². The number of hydrogen-bond donors (Lipinski definition) is 1. The molecule has 1 N–H and O–H groups in total. The number of benzene rings is 1. The van der Waals surface area contributed by atoms with Gasteiger partial charge < -0.3 is 5.11 Å². The van der Waals surface area contributed by atoms with Crippen molar-refractivity contribution in [2.75, 3.05) is 6.54 Å². The fourth-order valence-corrected chi connectivity index (χ4v) is 1.51. The maximum atomic E-state index is 13.0. The van der Waals surface area contributed by atoms with Crippen molar-refractivity contribution in [3.05, 3.63) is 44.0 Å². The normalized spacial score (nSPS) is 12.0. The van der Waals surface area contributed by atoms with Crippen molar-refractivity contribution in [3.8, 4) is 0 Å². The van der Waals surface area contributed by atoms with Crippen LogP contribution in [0.25, 0.3) is 10.4 Å². The molecule has 4 nitrogen and oxygen atoms in total. The zero-order valence-corrected chi connectivity index (χ0v) is 8.87. The van der Waals surface area contributed by atoms with Crippen LogP contribution in [0.5, 0.6) is 0 Å². The Labute approximate surface area is 94.9 Å². The number of hydrogen-bond acceptors (Lipinski definition) is 2. The minimum atomic E-state index is -1.14. The highest BCUT2D eigenvalue weighted by Gasteiger charge is 2.14. The Morgan fingerprint density at radius 1 is 1.47 bits per heavy atom. The third kappa shape index (κ3) is 2.97. The number of halogens is 3. The van der Waals surface area contributed by atoms with Crippen LogP contribution in [0.2, 0.25) is 10.0 Å². The number of rotatable bonds is 3. The topological polar surface area (TPSA) is 69.0 Å². The van der Waals surface area contributed by atoms with Gasteiger partial charge in [0.2, 0.25) is 0 Å². The molecule has 1 atom stereocenters. The standard InChI is InChI=1S/C8H6Cl2FN3O/c9-5-2-6(10)7(11)1-4(5)8(15)3-13-14-12/h1-2,8,15H,3H2/t8-/m1/s1. The van der Waals surface area contributed by atoms with Crippen LogP contribution in [0.3, 0.4) is 0 Å². The van der Waals surface area contributed by atoms with Crippen molar-refractivity contribution < 1.29 is 9.50 Å². The molecular weight excluding hydrogens is 244 g/mol. The second-order valence-electron chi connectivity index (χ2n) is 2.72. The summed E-state index contributed by atoms with van der Waals surface area (Å²) in [5.41, 5.74) is 8.19. The van der Waals surface area contributed by atoms with Crippen LogP contribution in [0.1, 0.15) is 11.7 Å². The molecule has 0 bridgehead atoms. The molecule has 0 aliphatic heterocycles. The summed E-state index contributed by atoms with van der Waals surface area (Å²) < 4.78 is 13.0. The summed E-state index contributed by atoms with van der Waals surface area (Å²) in [7, 11) is 0. The van der Waals surface area contributed by atoms with Gasteiger partial charge in [0.1, 0.15) is 5.82 Å². The van der Waals surface area contributed by atoms with E-state index in [4.69, 9.17) is 28.7 Å². The van der Waals surface area contributed by atoms with Crippen molar-refractivity contribution in [2.24, 2.45) is 5.11 Å². The van der Waals surface area contributed by atoms with Gasteiger partial charge in [-0.2, -0.15) is 0 Å². The summed E-state index contributed by atoms with van der Waals surface area (Å²) in [5.74, 6) is -0.684. The lowest BCUT2D eigenvalue weighted by Gasteiger charge is -2.10. The molecule has 1 rings (SSSR count). The summed E-state index contributed by atoms with van der Waals surface area (Å²) in [6.45, 7) is -0.211. The van der Waals surface area contributed by atoms with Gasteiger partial charge in [0.15, 0.2) is 0 Å². The van der Waals surface area contributed by atoms with Gasteiger partial charge >= 0.3 is 0 Å². The first-order valence-electron chi connectivity index (χ1n) is 3.89. The van der Waals surface area contributed by atoms with E-state index >= 15 is 0 Å². The van der Waals surface area contributed by atoms with Crippen molar-refractivity contribution in [3.63, 3.8) is 0 Å². The molecule has 0 aliphatic carbocycles. The minimum Gasteiger partial charge on any atom is -0.388 e. The predicted molar refractivity (Wildman–Crippen MR) is 55.4 cm³/mol. The Kier molecular flexibility index (Phi) is 4.17. The van der Waals surface area contributed by atoms with Crippen LogP contribution in [0, 0.1) is 5.82 Å². The first-order valence-corrected chi connectivity index (χ1v) is 4.65. The first-order chi connectivity index (χ1) is 7.06. The van der Waals surface area contributed by atoms with E-state index in [-0.39, 0.29) is 22.2 Å². The monoisotopic (exact) mass is 249 g/mol. The number of nitrogens with zero attached hydrogens (tertiary/aromatic N) is 3. The highest BCUT2D eigenvalue weighted by atomic mass is 35.5. The Morgan fingerprint density at radius 3 is 2.73 bits per heavy atom. The van der Waals surface area contributed by atoms with E-state index in [1.807, 2.05) is 0 Å². The van der Waals surface area contributed by atoms with Gasteiger partial charge in [-0.1, -0.05) is 28.3 Å². The number of aliphatic hydroxyl groups excluding tert-OH is 1. The van der Waals surface area contributed by atoms with Gasteiger partial charge in [0.25, 0.3) is 0 Å². The summed E-state index contributed by atoms with van der Waals surface area (Å²) >= 11 is 11.2. The highest BCUT2D eigenvalue weighted by molar-refractivity contribution is 6.35. The molecular formula is C8H6Cl2FN3O. The van der Waals surface area contributed by atoms with E-state index in [1.165, 1.54) is 6.07 Å². The number of azide groups is 1. The Balaban J connectivity index is 3.03. The van der Waals surface area contributed by atoms with Crippen LogP contribution in [-0.4, -0.2) is 11.7 Å².